The molecule has 25 heavy (non-hydrogen) atoms. The Kier molecular flexibility index (Phi) is 4.02. The molecule has 2 aromatic heterocycles. The minimum absolute atomic E-state index is 0.281. The Hall–Kier alpha value is -1.51. The van der Waals surface area contributed by atoms with Gasteiger partial charge < -0.3 is 35.6 Å². The summed E-state index contributed by atoms with van der Waals surface area (Å²) < 4.78 is 20.8. The van der Waals surface area contributed by atoms with E-state index in [-0.39, 0.29) is 17.1 Å². The molecule has 3 heterocycles. The topological polar surface area (TPSA) is 200 Å². The lowest BCUT2D eigenvalue weighted by atomic mass is 10.1. The number of H-pyrrole nitrogens is 1. The van der Waals surface area contributed by atoms with Crippen LogP contribution in [0, 0.1) is 0 Å². The van der Waals surface area contributed by atoms with Crippen LogP contribution in [0.15, 0.2) is 11.1 Å². The number of anilines is 1. The zero-order chi connectivity index (χ0) is 18.8. The van der Waals surface area contributed by atoms with E-state index >= 15 is 4.39 Å². The normalized spacial score (nSPS) is 33.2. The summed E-state index contributed by atoms with van der Waals surface area (Å²) in [5.41, 5.74) is 4.06. The summed E-state index contributed by atoms with van der Waals surface area (Å²) in [6, 6.07) is 0. The molecule has 0 unspecified atom stereocenters. The molecule has 0 aliphatic carbocycles. The highest BCUT2D eigenvalue weighted by atomic mass is 32.5. The molecule has 0 saturated carbocycles. The van der Waals surface area contributed by atoms with Crippen molar-refractivity contribution in [1.29, 1.82) is 0 Å². The van der Waals surface area contributed by atoms with Crippen molar-refractivity contribution in [3.63, 3.8) is 0 Å². The molecule has 1 aliphatic heterocycles. The first-order chi connectivity index (χ1) is 11.4. The quantitative estimate of drug-likeness (QED) is 0.264. The zero-order valence-electron chi connectivity index (χ0n) is 12.1. The third-order valence-electron chi connectivity index (χ3n) is 3.90. The molecule has 1 fully saturated rings. The van der Waals surface area contributed by atoms with E-state index in [4.69, 9.17) is 10.5 Å². The molecular weight excluding hydrogens is 384 g/mol. The smallest absolute Gasteiger partial charge is 0.293 e. The Bertz CT molecular complexity index is 943. The van der Waals surface area contributed by atoms with E-state index in [0.717, 1.165) is 6.33 Å². The highest BCUT2D eigenvalue weighted by Gasteiger charge is 2.74. The lowest BCUT2D eigenvalue weighted by molar-refractivity contribution is -0.210. The van der Waals surface area contributed by atoms with Gasteiger partial charge in [0.25, 0.3) is 11.4 Å². The molecule has 0 bridgehead atoms. The van der Waals surface area contributed by atoms with Crippen molar-refractivity contribution < 1.29 is 34.2 Å². The fraction of sp³-hybridized carbons (Fsp3) is 0.500. The SMILES string of the molecule is Nc1nc2c(ncn2[C@@H]2O[C@H](CO)[C@](O)(P(O)(O)=S)[C@]2(O)F)c(=O)[nH]1. The van der Waals surface area contributed by atoms with Gasteiger partial charge in [0.2, 0.25) is 17.8 Å². The van der Waals surface area contributed by atoms with Crippen molar-refractivity contribution in [2.45, 2.75) is 23.5 Å². The maximum Gasteiger partial charge on any atom is 0.293 e. The molecule has 8 N–H and O–H groups in total. The number of alkyl halides is 1. The predicted octanol–water partition coefficient (Wildman–Crippen LogP) is -2.77. The minimum Gasteiger partial charge on any atom is -0.394 e. The molecule has 0 amide bonds. The van der Waals surface area contributed by atoms with Gasteiger partial charge in [-0.3, -0.25) is 14.3 Å². The van der Waals surface area contributed by atoms with Crippen molar-refractivity contribution in [2.24, 2.45) is 0 Å². The van der Waals surface area contributed by atoms with Gasteiger partial charge in [-0.05, 0) is 11.8 Å². The molecule has 0 aromatic carbocycles. The average molecular weight is 397 g/mol. The number of aromatic nitrogens is 4. The van der Waals surface area contributed by atoms with Crippen molar-refractivity contribution >= 4 is 35.4 Å². The number of nitrogen functional groups attached to an aromatic ring is 1. The van der Waals surface area contributed by atoms with Gasteiger partial charge in [0, 0.05) is 0 Å². The number of aliphatic hydroxyl groups is 3. The summed E-state index contributed by atoms with van der Waals surface area (Å²) in [7, 11) is 0. The molecule has 2 aromatic rings. The van der Waals surface area contributed by atoms with Crippen molar-refractivity contribution in [1.82, 2.24) is 19.5 Å². The number of nitrogens with zero attached hydrogens (tertiary/aromatic N) is 3. The van der Waals surface area contributed by atoms with Crippen molar-refractivity contribution in [3.8, 4) is 0 Å². The summed E-state index contributed by atoms with van der Waals surface area (Å²) in [4.78, 5) is 40.7. The van der Waals surface area contributed by atoms with Crippen LogP contribution >= 0.6 is 6.49 Å². The fourth-order valence-electron chi connectivity index (χ4n) is 2.67. The van der Waals surface area contributed by atoms with Crippen molar-refractivity contribution in [3.05, 3.63) is 16.7 Å². The van der Waals surface area contributed by atoms with E-state index in [9.17, 15) is 29.9 Å². The van der Waals surface area contributed by atoms with Gasteiger partial charge in [0.1, 0.15) is 6.10 Å². The Balaban J connectivity index is 2.23. The molecule has 1 aliphatic rings. The summed E-state index contributed by atoms with van der Waals surface area (Å²) in [5, 5.41) is 26.4. The highest BCUT2D eigenvalue weighted by Crippen LogP contribution is 2.64. The molecule has 3 rings (SSSR count). The van der Waals surface area contributed by atoms with Gasteiger partial charge in [0.15, 0.2) is 17.4 Å². The maximum absolute atomic E-state index is 15.1. The molecule has 0 radical (unpaired) electrons. The fourth-order valence-corrected chi connectivity index (χ4v) is 4.45. The highest BCUT2D eigenvalue weighted by molar-refractivity contribution is 8.09. The van der Waals surface area contributed by atoms with Crippen LogP contribution in [0.1, 0.15) is 6.23 Å². The molecule has 4 atom stereocenters. The number of imidazole rings is 1. The Morgan fingerprint density at radius 1 is 1.52 bits per heavy atom. The number of fused-ring (bicyclic) bond motifs is 1. The number of hydrogen-bond donors (Lipinski definition) is 7. The number of nitrogens with two attached hydrogens (primary N) is 1. The maximum atomic E-state index is 15.1. The van der Waals surface area contributed by atoms with Crippen LogP contribution < -0.4 is 11.3 Å². The monoisotopic (exact) mass is 397 g/mol. The van der Waals surface area contributed by atoms with Crippen LogP contribution in [0.25, 0.3) is 11.2 Å². The van der Waals surface area contributed by atoms with Crippen molar-refractivity contribution in [2.75, 3.05) is 12.3 Å². The van der Waals surface area contributed by atoms with Gasteiger partial charge in [-0.15, -0.1) is 0 Å². The zero-order valence-corrected chi connectivity index (χ0v) is 13.9. The van der Waals surface area contributed by atoms with E-state index in [2.05, 4.69) is 26.8 Å². The average Bonchev–Trinajstić information content (AvgIpc) is 2.97. The largest absolute Gasteiger partial charge is 0.394 e. The van der Waals surface area contributed by atoms with E-state index in [1.54, 1.807) is 0 Å². The summed E-state index contributed by atoms with van der Waals surface area (Å²) in [5.74, 6) is -4.21. The number of hydrogen-bond acceptors (Lipinski definition) is 9. The van der Waals surface area contributed by atoms with Crippen LogP contribution in [-0.4, -0.2) is 68.5 Å². The molecule has 1 saturated heterocycles. The van der Waals surface area contributed by atoms with E-state index in [1.807, 2.05) is 0 Å². The van der Waals surface area contributed by atoms with Crippen LogP contribution in [0.4, 0.5) is 10.3 Å². The molecule has 138 valence electrons. The van der Waals surface area contributed by atoms with Gasteiger partial charge in [-0.2, -0.15) is 4.98 Å². The second kappa shape index (κ2) is 5.49. The minimum atomic E-state index is -4.91. The number of ether oxygens (including phenoxy) is 1. The van der Waals surface area contributed by atoms with E-state index in [0.29, 0.717) is 4.57 Å². The number of nitrogens with one attached hydrogen (secondary N) is 1. The first-order valence-electron chi connectivity index (χ1n) is 6.63. The third kappa shape index (κ3) is 2.34. The van der Waals surface area contributed by atoms with Gasteiger partial charge in [-0.1, -0.05) is 0 Å². The molecule has 12 nitrogen and oxygen atoms in total. The molecule has 15 heteroatoms. The Morgan fingerprint density at radius 3 is 2.68 bits per heavy atom. The molecule has 0 spiro atoms. The van der Waals surface area contributed by atoms with E-state index < -0.39 is 42.2 Å². The van der Waals surface area contributed by atoms with Gasteiger partial charge in [0.05, 0.1) is 12.9 Å². The summed E-state index contributed by atoms with van der Waals surface area (Å²) in [6.07, 6.45) is -3.28. The second-order valence-corrected chi connectivity index (χ2v) is 8.68. The predicted molar refractivity (Wildman–Crippen MR) is 83.3 cm³/mol. The molecular formula is C10H13FN5O7PS. The number of rotatable bonds is 3. The van der Waals surface area contributed by atoms with Gasteiger partial charge in [-0.25, -0.2) is 9.37 Å². The summed E-state index contributed by atoms with van der Waals surface area (Å²) in [6.45, 7) is -6.00. The van der Waals surface area contributed by atoms with Crippen LogP contribution in [0.2, 0.25) is 0 Å². The number of halogens is 1. The third-order valence-corrected chi connectivity index (χ3v) is 6.22. The Morgan fingerprint density at radius 2 is 2.16 bits per heavy atom. The standard InChI is InChI=1S/C10H13FN5O7PS/c11-9(19)7(23-3(1-17)10(9,20)24(21,22)25)16-2-13-4-5(16)14-8(12)15-6(4)18/h2-3,7,17,19-20H,1H2,(H2,21,22,25)(H3,12,14,15,18)/t3-,7-,9+,10+/m1/s1. The second-order valence-electron chi connectivity index (χ2n) is 5.38. The number of aliphatic hydroxyl groups excluding tert-OH is 1. The first-order valence-corrected chi connectivity index (χ1v) is 9.34. The van der Waals surface area contributed by atoms with Crippen LogP contribution in [-0.2, 0) is 16.5 Å². The summed E-state index contributed by atoms with van der Waals surface area (Å²) >= 11 is 4.34. The van der Waals surface area contributed by atoms with Crippen LogP contribution in [0.3, 0.4) is 0 Å². The Labute approximate surface area is 142 Å². The first kappa shape index (κ1) is 18.3. The lowest BCUT2D eigenvalue weighted by Crippen LogP contribution is -2.55. The van der Waals surface area contributed by atoms with E-state index in [1.165, 1.54) is 0 Å². The van der Waals surface area contributed by atoms with Gasteiger partial charge >= 0.3 is 0 Å². The van der Waals surface area contributed by atoms with Crippen LogP contribution in [0.5, 0.6) is 0 Å². The lowest BCUT2D eigenvalue weighted by Gasteiger charge is -2.36. The number of aromatic amines is 1.